The number of pyridine rings is 1. The van der Waals surface area contributed by atoms with Gasteiger partial charge < -0.3 is 10.1 Å². The van der Waals surface area contributed by atoms with E-state index in [4.69, 9.17) is 4.74 Å². The first-order valence-electron chi connectivity index (χ1n) is 6.37. The van der Waals surface area contributed by atoms with E-state index in [1.165, 1.54) is 6.20 Å². The third-order valence-electron chi connectivity index (χ3n) is 2.73. The summed E-state index contributed by atoms with van der Waals surface area (Å²) in [5, 5.41) is 3.31. The summed E-state index contributed by atoms with van der Waals surface area (Å²) in [7, 11) is 0. The van der Waals surface area contributed by atoms with Crippen LogP contribution in [-0.2, 0) is 5.33 Å². The molecule has 2 aromatic rings. The monoisotopic (exact) mass is 352 g/mol. The number of carbonyl (C=O) groups is 1. The summed E-state index contributed by atoms with van der Waals surface area (Å²) >= 11 is 3.38. The van der Waals surface area contributed by atoms with Crippen LogP contribution in [0.15, 0.2) is 36.7 Å². The Balaban J connectivity index is 2.17. The summed E-state index contributed by atoms with van der Waals surface area (Å²) in [6.45, 7) is 2.48. The molecule has 2 rings (SSSR count). The van der Waals surface area contributed by atoms with E-state index in [0.717, 1.165) is 23.6 Å². The number of ether oxygens (including phenoxy) is 1. The number of carbonyl (C=O) groups excluding carboxylic acids is 1. The molecule has 4 nitrogen and oxygen atoms in total. The van der Waals surface area contributed by atoms with Crippen LogP contribution in [0.2, 0.25) is 0 Å². The molecule has 1 aromatic heterocycles. The van der Waals surface area contributed by atoms with E-state index in [1.807, 2.05) is 13.0 Å². The lowest BCUT2D eigenvalue weighted by molar-refractivity contribution is 0.102. The Morgan fingerprint density at radius 2 is 2.19 bits per heavy atom. The maximum atomic E-state index is 13.1. The Morgan fingerprint density at radius 3 is 2.86 bits per heavy atom. The number of nitrogens with zero attached hydrogens (tertiary/aromatic N) is 1. The molecule has 21 heavy (non-hydrogen) atoms. The van der Waals surface area contributed by atoms with E-state index in [1.54, 1.807) is 12.1 Å². The van der Waals surface area contributed by atoms with E-state index in [-0.39, 0.29) is 5.56 Å². The maximum Gasteiger partial charge on any atom is 0.257 e. The third kappa shape index (κ3) is 4.01. The molecule has 0 radical (unpaired) electrons. The SMILES string of the molecule is CCOc1ccc(NC(=O)c2cncc(F)c2)cc1CBr. The van der Waals surface area contributed by atoms with Crippen LogP contribution < -0.4 is 10.1 Å². The van der Waals surface area contributed by atoms with Gasteiger partial charge in [-0.05, 0) is 31.2 Å². The number of hydrogen-bond acceptors (Lipinski definition) is 3. The van der Waals surface area contributed by atoms with Crippen molar-refractivity contribution in [1.29, 1.82) is 0 Å². The van der Waals surface area contributed by atoms with Gasteiger partial charge in [0.2, 0.25) is 0 Å². The highest BCUT2D eigenvalue weighted by atomic mass is 79.9. The number of halogens is 2. The van der Waals surface area contributed by atoms with Crippen LogP contribution in [0.3, 0.4) is 0 Å². The maximum absolute atomic E-state index is 13.1. The van der Waals surface area contributed by atoms with Crippen LogP contribution in [0.4, 0.5) is 10.1 Å². The highest BCUT2D eigenvalue weighted by Crippen LogP contribution is 2.25. The van der Waals surface area contributed by atoms with Crippen molar-refractivity contribution in [1.82, 2.24) is 4.98 Å². The number of benzene rings is 1. The van der Waals surface area contributed by atoms with Gasteiger partial charge in [-0.15, -0.1) is 0 Å². The summed E-state index contributed by atoms with van der Waals surface area (Å²) in [4.78, 5) is 15.7. The van der Waals surface area contributed by atoms with E-state index in [0.29, 0.717) is 17.6 Å². The number of hydrogen-bond donors (Lipinski definition) is 1. The number of amides is 1. The van der Waals surface area contributed by atoms with Crippen molar-refractivity contribution in [3.05, 3.63) is 53.6 Å². The van der Waals surface area contributed by atoms with E-state index in [2.05, 4.69) is 26.2 Å². The van der Waals surface area contributed by atoms with Gasteiger partial charge in [-0.3, -0.25) is 9.78 Å². The zero-order valence-corrected chi connectivity index (χ0v) is 13.0. The summed E-state index contributed by atoms with van der Waals surface area (Å²) < 4.78 is 18.5. The number of alkyl halides is 1. The molecule has 0 aliphatic heterocycles. The molecule has 0 saturated carbocycles. The average Bonchev–Trinajstić information content (AvgIpc) is 2.49. The van der Waals surface area contributed by atoms with E-state index < -0.39 is 11.7 Å². The molecule has 0 aliphatic carbocycles. The van der Waals surface area contributed by atoms with Gasteiger partial charge in [-0.1, -0.05) is 15.9 Å². The summed E-state index contributed by atoms with van der Waals surface area (Å²) in [6, 6.07) is 6.48. The summed E-state index contributed by atoms with van der Waals surface area (Å²) in [5.74, 6) is -0.193. The second-order valence-electron chi connectivity index (χ2n) is 4.24. The molecule has 110 valence electrons. The fraction of sp³-hybridized carbons (Fsp3) is 0.200. The van der Waals surface area contributed by atoms with Crippen molar-refractivity contribution in [2.24, 2.45) is 0 Å². The van der Waals surface area contributed by atoms with Gasteiger partial charge in [0.05, 0.1) is 18.4 Å². The van der Waals surface area contributed by atoms with Gasteiger partial charge in [-0.2, -0.15) is 0 Å². The van der Waals surface area contributed by atoms with Crippen molar-refractivity contribution in [3.63, 3.8) is 0 Å². The Hall–Kier alpha value is -1.95. The number of nitrogens with one attached hydrogen (secondary N) is 1. The van der Waals surface area contributed by atoms with E-state index in [9.17, 15) is 9.18 Å². The minimum atomic E-state index is -0.546. The molecule has 0 unspecified atom stereocenters. The average molecular weight is 353 g/mol. The predicted molar refractivity (Wildman–Crippen MR) is 82.4 cm³/mol. The first-order valence-corrected chi connectivity index (χ1v) is 7.49. The third-order valence-corrected chi connectivity index (χ3v) is 3.33. The van der Waals surface area contributed by atoms with Crippen molar-refractivity contribution in [3.8, 4) is 5.75 Å². The standard InChI is InChI=1S/C15H14BrFN2O2/c1-2-21-14-4-3-13(6-10(14)7-16)19-15(20)11-5-12(17)9-18-8-11/h3-6,8-9H,2,7H2,1H3,(H,19,20). The van der Waals surface area contributed by atoms with Crippen LogP contribution in [0.5, 0.6) is 5.75 Å². The molecule has 1 N–H and O–H groups in total. The van der Waals surface area contributed by atoms with Gasteiger partial charge >= 0.3 is 0 Å². The number of rotatable bonds is 5. The molecule has 6 heteroatoms. The fourth-order valence-corrected chi connectivity index (χ4v) is 2.24. The first-order chi connectivity index (χ1) is 10.1. The molecular weight excluding hydrogens is 339 g/mol. The lowest BCUT2D eigenvalue weighted by Gasteiger charge is -2.11. The van der Waals surface area contributed by atoms with Crippen molar-refractivity contribution >= 4 is 27.5 Å². The zero-order valence-electron chi connectivity index (χ0n) is 11.4. The largest absolute Gasteiger partial charge is 0.494 e. The Bertz CT molecular complexity index is 649. The molecule has 0 bridgehead atoms. The molecule has 1 heterocycles. The minimum Gasteiger partial charge on any atom is -0.494 e. The smallest absolute Gasteiger partial charge is 0.257 e. The topological polar surface area (TPSA) is 51.2 Å². The molecule has 1 amide bonds. The lowest BCUT2D eigenvalue weighted by atomic mass is 10.2. The summed E-state index contributed by atoms with van der Waals surface area (Å²) in [5.41, 5.74) is 1.71. The molecule has 0 saturated heterocycles. The number of aromatic nitrogens is 1. The number of anilines is 1. The summed E-state index contributed by atoms with van der Waals surface area (Å²) in [6.07, 6.45) is 2.37. The van der Waals surface area contributed by atoms with Crippen LogP contribution in [0.1, 0.15) is 22.8 Å². The van der Waals surface area contributed by atoms with Gasteiger partial charge in [0.25, 0.3) is 5.91 Å². The van der Waals surface area contributed by atoms with Crippen LogP contribution in [0, 0.1) is 5.82 Å². The normalized spacial score (nSPS) is 10.2. The molecule has 0 fully saturated rings. The fourth-order valence-electron chi connectivity index (χ4n) is 1.80. The van der Waals surface area contributed by atoms with Gasteiger partial charge in [0, 0.05) is 22.8 Å². The second kappa shape index (κ2) is 7.17. The molecule has 1 aromatic carbocycles. The van der Waals surface area contributed by atoms with Crippen LogP contribution in [-0.4, -0.2) is 17.5 Å². The van der Waals surface area contributed by atoms with Crippen LogP contribution >= 0.6 is 15.9 Å². The molecule has 0 spiro atoms. The second-order valence-corrected chi connectivity index (χ2v) is 4.80. The Kier molecular flexibility index (Phi) is 5.27. The van der Waals surface area contributed by atoms with E-state index >= 15 is 0 Å². The first kappa shape index (κ1) is 15.4. The van der Waals surface area contributed by atoms with Gasteiger partial charge in [0.1, 0.15) is 11.6 Å². The van der Waals surface area contributed by atoms with Crippen molar-refractivity contribution < 1.29 is 13.9 Å². The molecular formula is C15H14BrFN2O2. The van der Waals surface area contributed by atoms with Gasteiger partial charge in [-0.25, -0.2) is 4.39 Å². The van der Waals surface area contributed by atoms with Crippen molar-refractivity contribution in [2.75, 3.05) is 11.9 Å². The molecule has 0 aliphatic rings. The predicted octanol–water partition coefficient (Wildman–Crippen LogP) is 3.77. The molecule has 0 atom stereocenters. The highest BCUT2D eigenvalue weighted by molar-refractivity contribution is 9.08. The highest BCUT2D eigenvalue weighted by Gasteiger charge is 2.10. The zero-order chi connectivity index (χ0) is 15.2. The Labute approximate surface area is 130 Å². The Morgan fingerprint density at radius 1 is 1.38 bits per heavy atom. The lowest BCUT2D eigenvalue weighted by Crippen LogP contribution is -2.12. The van der Waals surface area contributed by atoms with Crippen LogP contribution in [0.25, 0.3) is 0 Å². The van der Waals surface area contributed by atoms with Crippen molar-refractivity contribution in [2.45, 2.75) is 12.3 Å². The van der Waals surface area contributed by atoms with Gasteiger partial charge in [0.15, 0.2) is 0 Å². The quantitative estimate of drug-likeness (QED) is 0.833. The minimum absolute atomic E-state index is 0.171.